The second-order valence-corrected chi connectivity index (χ2v) is 5.30. The monoisotopic (exact) mass is 234 g/mol. The predicted octanol–water partition coefficient (Wildman–Crippen LogP) is 2.31. The maximum absolute atomic E-state index is 4.59. The molecule has 0 spiro atoms. The third-order valence-corrected chi connectivity index (χ3v) is 3.34. The number of anilines is 2. The van der Waals surface area contributed by atoms with Crippen molar-refractivity contribution in [1.82, 2.24) is 9.97 Å². The molecule has 1 N–H and O–H groups in total. The normalized spacial score (nSPS) is 24.8. The number of nitrogens with one attached hydrogen (secondary N) is 1. The van der Waals surface area contributed by atoms with Crippen LogP contribution in [0.4, 0.5) is 11.8 Å². The van der Waals surface area contributed by atoms with E-state index in [2.05, 4.69) is 41.0 Å². The minimum atomic E-state index is 0.705. The zero-order valence-electron chi connectivity index (χ0n) is 11.2. The molecule has 1 aliphatic rings. The van der Waals surface area contributed by atoms with E-state index in [0.29, 0.717) is 5.95 Å². The van der Waals surface area contributed by atoms with Crippen molar-refractivity contribution in [3.63, 3.8) is 0 Å². The van der Waals surface area contributed by atoms with Gasteiger partial charge in [0.25, 0.3) is 0 Å². The van der Waals surface area contributed by atoms with Crippen molar-refractivity contribution in [2.24, 2.45) is 11.8 Å². The molecule has 1 saturated heterocycles. The number of hydrogen-bond donors (Lipinski definition) is 1. The Hall–Kier alpha value is -1.32. The molecule has 1 aromatic heterocycles. The summed E-state index contributed by atoms with van der Waals surface area (Å²) in [6.45, 7) is 8.92. The van der Waals surface area contributed by atoms with E-state index in [4.69, 9.17) is 0 Å². The summed E-state index contributed by atoms with van der Waals surface area (Å²) in [5.74, 6) is 3.27. The summed E-state index contributed by atoms with van der Waals surface area (Å²) in [5.41, 5.74) is 1.16. The van der Waals surface area contributed by atoms with Gasteiger partial charge >= 0.3 is 0 Å². The van der Waals surface area contributed by atoms with Crippen LogP contribution in [0.25, 0.3) is 0 Å². The fourth-order valence-corrected chi connectivity index (χ4v) is 2.71. The first kappa shape index (κ1) is 12.1. The van der Waals surface area contributed by atoms with Gasteiger partial charge in [0.2, 0.25) is 5.95 Å². The van der Waals surface area contributed by atoms with Crippen LogP contribution in [-0.4, -0.2) is 30.1 Å². The molecule has 0 amide bonds. The van der Waals surface area contributed by atoms with Gasteiger partial charge in [0.15, 0.2) is 0 Å². The number of hydrogen-bond acceptors (Lipinski definition) is 4. The quantitative estimate of drug-likeness (QED) is 0.852. The highest BCUT2D eigenvalue weighted by Crippen LogP contribution is 2.27. The summed E-state index contributed by atoms with van der Waals surface area (Å²) < 4.78 is 0. The molecule has 1 aromatic rings. The molecule has 2 rings (SSSR count). The molecule has 94 valence electrons. The standard InChI is InChI=1S/C13H22N4/c1-9-5-10(2)8-17(7-9)12-11(3)6-15-13(14-4)16-12/h6,9-10H,5,7-8H2,1-4H3,(H,14,15,16). The van der Waals surface area contributed by atoms with Gasteiger partial charge in [-0.05, 0) is 25.2 Å². The van der Waals surface area contributed by atoms with Gasteiger partial charge in [-0.15, -0.1) is 0 Å². The zero-order chi connectivity index (χ0) is 12.4. The smallest absolute Gasteiger partial charge is 0.224 e. The Kier molecular flexibility index (Phi) is 3.50. The number of piperidine rings is 1. The number of rotatable bonds is 2. The Bertz CT molecular complexity index is 381. The highest BCUT2D eigenvalue weighted by atomic mass is 15.2. The van der Waals surface area contributed by atoms with Crippen molar-refractivity contribution in [2.45, 2.75) is 27.2 Å². The molecule has 2 atom stereocenters. The van der Waals surface area contributed by atoms with Gasteiger partial charge in [0.1, 0.15) is 5.82 Å². The second-order valence-electron chi connectivity index (χ2n) is 5.30. The lowest BCUT2D eigenvalue weighted by Gasteiger charge is -2.36. The topological polar surface area (TPSA) is 41.1 Å². The van der Waals surface area contributed by atoms with E-state index in [1.807, 2.05) is 13.2 Å². The molecule has 0 aromatic carbocycles. The van der Waals surface area contributed by atoms with Gasteiger partial charge in [0, 0.05) is 31.9 Å². The van der Waals surface area contributed by atoms with E-state index in [0.717, 1.165) is 36.3 Å². The van der Waals surface area contributed by atoms with Gasteiger partial charge in [-0.3, -0.25) is 0 Å². The highest BCUT2D eigenvalue weighted by Gasteiger charge is 2.24. The van der Waals surface area contributed by atoms with Crippen LogP contribution < -0.4 is 10.2 Å². The predicted molar refractivity (Wildman–Crippen MR) is 71.5 cm³/mol. The second kappa shape index (κ2) is 4.90. The van der Waals surface area contributed by atoms with Gasteiger partial charge in [-0.1, -0.05) is 13.8 Å². The van der Waals surface area contributed by atoms with E-state index in [9.17, 15) is 0 Å². The molecule has 1 aliphatic heterocycles. The fraction of sp³-hybridized carbons (Fsp3) is 0.692. The fourth-order valence-electron chi connectivity index (χ4n) is 2.71. The minimum Gasteiger partial charge on any atom is -0.357 e. The third kappa shape index (κ3) is 2.68. The molecular formula is C13H22N4. The average molecular weight is 234 g/mol. The number of aromatic nitrogens is 2. The lowest BCUT2D eigenvalue weighted by atomic mass is 9.92. The molecule has 17 heavy (non-hydrogen) atoms. The van der Waals surface area contributed by atoms with Gasteiger partial charge < -0.3 is 10.2 Å². The Balaban J connectivity index is 2.26. The molecular weight excluding hydrogens is 212 g/mol. The Morgan fingerprint density at radius 2 is 1.94 bits per heavy atom. The van der Waals surface area contributed by atoms with Crippen molar-refractivity contribution >= 4 is 11.8 Å². The minimum absolute atomic E-state index is 0.705. The number of nitrogens with zero attached hydrogens (tertiary/aromatic N) is 3. The highest BCUT2D eigenvalue weighted by molar-refractivity contribution is 5.49. The van der Waals surface area contributed by atoms with Crippen LogP contribution in [0.1, 0.15) is 25.8 Å². The maximum atomic E-state index is 4.59. The van der Waals surface area contributed by atoms with Crippen molar-refractivity contribution < 1.29 is 0 Å². The molecule has 4 heteroatoms. The molecule has 4 nitrogen and oxygen atoms in total. The van der Waals surface area contributed by atoms with Crippen molar-refractivity contribution in [2.75, 3.05) is 30.4 Å². The molecule has 0 aliphatic carbocycles. The summed E-state index contributed by atoms with van der Waals surface area (Å²) in [6, 6.07) is 0. The summed E-state index contributed by atoms with van der Waals surface area (Å²) >= 11 is 0. The van der Waals surface area contributed by atoms with Gasteiger partial charge in [0.05, 0.1) is 0 Å². The molecule has 0 bridgehead atoms. The Morgan fingerprint density at radius 3 is 2.53 bits per heavy atom. The maximum Gasteiger partial charge on any atom is 0.224 e. The van der Waals surface area contributed by atoms with Crippen LogP contribution in [0.15, 0.2) is 6.20 Å². The average Bonchev–Trinajstić information content (AvgIpc) is 2.28. The van der Waals surface area contributed by atoms with Crippen molar-refractivity contribution in [1.29, 1.82) is 0 Å². The van der Waals surface area contributed by atoms with Crippen LogP contribution in [0.3, 0.4) is 0 Å². The molecule has 0 saturated carbocycles. The van der Waals surface area contributed by atoms with Crippen LogP contribution >= 0.6 is 0 Å². The largest absolute Gasteiger partial charge is 0.357 e. The molecule has 2 unspecified atom stereocenters. The Labute approximate surface area is 103 Å². The Morgan fingerprint density at radius 1 is 1.29 bits per heavy atom. The van der Waals surface area contributed by atoms with Gasteiger partial charge in [-0.25, -0.2) is 4.98 Å². The van der Waals surface area contributed by atoms with E-state index >= 15 is 0 Å². The first-order valence-corrected chi connectivity index (χ1v) is 6.36. The summed E-state index contributed by atoms with van der Waals surface area (Å²) in [6.07, 6.45) is 3.22. The van der Waals surface area contributed by atoms with Crippen LogP contribution in [0, 0.1) is 18.8 Å². The summed E-state index contributed by atoms with van der Waals surface area (Å²) in [5, 5.41) is 3.01. The van der Waals surface area contributed by atoms with E-state index in [1.54, 1.807) is 0 Å². The van der Waals surface area contributed by atoms with E-state index in [1.165, 1.54) is 6.42 Å². The van der Waals surface area contributed by atoms with Crippen molar-refractivity contribution in [3.05, 3.63) is 11.8 Å². The van der Waals surface area contributed by atoms with Crippen LogP contribution in [0.5, 0.6) is 0 Å². The summed E-state index contributed by atoms with van der Waals surface area (Å²) in [7, 11) is 1.86. The van der Waals surface area contributed by atoms with Crippen LogP contribution in [0.2, 0.25) is 0 Å². The molecule has 2 heterocycles. The zero-order valence-corrected chi connectivity index (χ0v) is 11.2. The van der Waals surface area contributed by atoms with E-state index in [-0.39, 0.29) is 0 Å². The van der Waals surface area contributed by atoms with Crippen molar-refractivity contribution in [3.8, 4) is 0 Å². The molecule has 0 radical (unpaired) electrons. The van der Waals surface area contributed by atoms with Crippen LogP contribution in [-0.2, 0) is 0 Å². The SMILES string of the molecule is CNc1ncc(C)c(N2CC(C)CC(C)C2)n1. The summed E-state index contributed by atoms with van der Waals surface area (Å²) in [4.78, 5) is 11.2. The first-order valence-electron chi connectivity index (χ1n) is 6.36. The van der Waals surface area contributed by atoms with E-state index < -0.39 is 0 Å². The van der Waals surface area contributed by atoms with Gasteiger partial charge in [-0.2, -0.15) is 4.98 Å². The molecule has 1 fully saturated rings. The third-order valence-electron chi connectivity index (χ3n) is 3.34. The lowest BCUT2D eigenvalue weighted by Crippen LogP contribution is -2.39. The first-order chi connectivity index (χ1) is 8.10. The lowest BCUT2D eigenvalue weighted by molar-refractivity contribution is 0.355. The number of aryl methyl sites for hydroxylation is 1.